The van der Waals surface area contributed by atoms with E-state index >= 15 is 4.39 Å². The van der Waals surface area contributed by atoms with Gasteiger partial charge in [-0.3, -0.25) is 0 Å². The fraction of sp³-hybridized carbons (Fsp3) is 0.538. The number of halogens is 2. The minimum Gasteiger partial charge on any atom is -0.490 e. The summed E-state index contributed by atoms with van der Waals surface area (Å²) in [6.07, 6.45) is 5.56. The van der Waals surface area contributed by atoms with Gasteiger partial charge < -0.3 is 10.1 Å². The van der Waals surface area contributed by atoms with Crippen LogP contribution in [0.3, 0.4) is 0 Å². The zero-order chi connectivity index (χ0) is 21.7. The number of hydrogen-bond donors (Lipinski definition) is 1. The van der Waals surface area contributed by atoms with Crippen LogP contribution in [0.4, 0.5) is 8.78 Å². The molecular formula is C26H35F2NO. The Morgan fingerprint density at radius 3 is 2.43 bits per heavy atom. The molecule has 1 saturated carbocycles. The van der Waals surface area contributed by atoms with Gasteiger partial charge in [0.2, 0.25) is 0 Å². The predicted molar refractivity (Wildman–Crippen MR) is 120 cm³/mol. The molecule has 2 aromatic carbocycles. The molecule has 0 amide bonds. The molecule has 2 nitrogen and oxygen atoms in total. The second kappa shape index (κ2) is 9.91. The van der Waals surface area contributed by atoms with Crippen molar-refractivity contribution in [1.29, 1.82) is 0 Å². The fourth-order valence-corrected chi connectivity index (χ4v) is 4.35. The molecule has 4 heteroatoms. The van der Waals surface area contributed by atoms with Crippen molar-refractivity contribution in [1.82, 2.24) is 5.32 Å². The third-order valence-corrected chi connectivity index (χ3v) is 6.26. The first-order valence-electron chi connectivity index (χ1n) is 11.2. The molecule has 2 aromatic rings. The molecular weight excluding hydrogens is 380 g/mol. The Balaban J connectivity index is 1.72. The highest BCUT2D eigenvalue weighted by molar-refractivity contribution is 5.66. The van der Waals surface area contributed by atoms with Gasteiger partial charge in [-0.05, 0) is 79.8 Å². The first-order chi connectivity index (χ1) is 14.3. The largest absolute Gasteiger partial charge is 0.490 e. The molecule has 0 aliphatic heterocycles. The van der Waals surface area contributed by atoms with E-state index in [0.29, 0.717) is 16.5 Å². The van der Waals surface area contributed by atoms with E-state index in [0.717, 1.165) is 37.5 Å². The van der Waals surface area contributed by atoms with E-state index < -0.39 is 11.6 Å². The standard InChI is InChI=1S/C26H35F2NO/c1-5-15-29-17-23-24(27)14-13-22(25(23)28)18-7-6-8-21(16-18)30-20-11-9-19(10-12-20)26(2,3)4/h6-8,13-14,16,19-20,29H,5,9-12,15,17H2,1-4H3/t19-,20-. The molecule has 1 aliphatic carbocycles. The van der Waals surface area contributed by atoms with Crippen molar-refractivity contribution in [2.24, 2.45) is 11.3 Å². The van der Waals surface area contributed by atoms with Crippen LogP contribution in [-0.4, -0.2) is 12.6 Å². The fourth-order valence-electron chi connectivity index (χ4n) is 4.35. The van der Waals surface area contributed by atoms with E-state index in [9.17, 15) is 4.39 Å². The monoisotopic (exact) mass is 415 g/mol. The van der Waals surface area contributed by atoms with Crippen LogP contribution in [0.5, 0.6) is 5.75 Å². The van der Waals surface area contributed by atoms with Crippen LogP contribution in [0.2, 0.25) is 0 Å². The van der Waals surface area contributed by atoms with Crippen LogP contribution in [0, 0.1) is 23.0 Å². The molecule has 3 rings (SSSR count). The maximum atomic E-state index is 15.1. The molecule has 30 heavy (non-hydrogen) atoms. The smallest absolute Gasteiger partial charge is 0.138 e. The summed E-state index contributed by atoms with van der Waals surface area (Å²) < 4.78 is 35.5. The zero-order valence-corrected chi connectivity index (χ0v) is 18.7. The molecule has 1 N–H and O–H groups in total. The van der Waals surface area contributed by atoms with Gasteiger partial charge in [-0.25, -0.2) is 8.78 Å². The van der Waals surface area contributed by atoms with Crippen LogP contribution in [0.1, 0.15) is 65.4 Å². The summed E-state index contributed by atoms with van der Waals surface area (Å²) in [7, 11) is 0. The van der Waals surface area contributed by atoms with Crippen LogP contribution < -0.4 is 10.1 Å². The van der Waals surface area contributed by atoms with Gasteiger partial charge in [0, 0.05) is 17.7 Å². The highest BCUT2D eigenvalue weighted by atomic mass is 19.1. The number of hydrogen-bond acceptors (Lipinski definition) is 2. The molecule has 0 atom stereocenters. The van der Waals surface area contributed by atoms with Crippen molar-refractivity contribution in [3.8, 4) is 16.9 Å². The molecule has 0 spiro atoms. The summed E-state index contributed by atoms with van der Waals surface area (Å²) in [4.78, 5) is 0. The molecule has 0 heterocycles. The normalized spacial score (nSPS) is 19.7. The Hall–Kier alpha value is -1.94. The first-order valence-corrected chi connectivity index (χ1v) is 11.2. The maximum Gasteiger partial charge on any atom is 0.138 e. The summed E-state index contributed by atoms with van der Waals surface area (Å²) in [5.41, 5.74) is 1.55. The Bertz CT molecular complexity index is 835. The molecule has 0 bridgehead atoms. The van der Waals surface area contributed by atoms with Crippen molar-refractivity contribution in [2.45, 2.75) is 72.4 Å². The van der Waals surface area contributed by atoms with E-state index in [1.807, 2.05) is 31.2 Å². The summed E-state index contributed by atoms with van der Waals surface area (Å²) in [5, 5.41) is 3.09. The Morgan fingerprint density at radius 2 is 1.77 bits per heavy atom. The lowest BCUT2D eigenvalue weighted by molar-refractivity contribution is 0.0882. The Labute approximate surface area is 180 Å². The van der Waals surface area contributed by atoms with Crippen LogP contribution in [-0.2, 0) is 6.54 Å². The third kappa shape index (κ3) is 5.60. The van der Waals surface area contributed by atoms with Gasteiger partial charge in [-0.15, -0.1) is 0 Å². The summed E-state index contributed by atoms with van der Waals surface area (Å²) in [6.45, 7) is 9.87. The molecule has 1 fully saturated rings. The van der Waals surface area contributed by atoms with E-state index in [1.54, 1.807) is 0 Å². The molecule has 0 aromatic heterocycles. The van der Waals surface area contributed by atoms with E-state index in [2.05, 4.69) is 26.1 Å². The van der Waals surface area contributed by atoms with Crippen molar-refractivity contribution >= 4 is 0 Å². The van der Waals surface area contributed by atoms with Crippen molar-refractivity contribution in [2.75, 3.05) is 6.54 Å². The molecule has 0 saturated heterocycles. The second-order valence-corrected chi connectivity index (χ2v) is 9.55. The van der Waals surface area contributed by atoms with Gasteiger partial charge in [-0.2, -0.15) is 0 Å². The quantitative estimate of drug-likeness (QED) is 0.486. The lowest BCUT2D eigenvalue weighted by Gasteiger charge is -2.37. The SMILES string of the molecule is CCCNCc1c(F)ccc(-c2cccc(O[C@H]3CC[C@H](C(C)(C)C)CC3)c2)c1F. The van der Waals surface area contributed by atoms with Crippen molar-refractivity contribution < 1.29 is 13.5 Å². The average molecular weight is 416 g/mol. The number of rotatable bonds is 7. The summed E-state index contributed by atoms with van der Waals surface area (Å²) in [6, 6.07) is 10.4. The van der Waals surface area contributed by atoms with Gasteiger partial charge in [0.05, 0.1) is 6.10 Å². The third-order valence-electron chi connectivity index (χ3n) is 6.26. The van der Waals surface area contributed by atoms with Gasteiger partial charge >= 0.3 is 0 Å². The molecule has 0 radical (unpaired) electrons. The van der Waals surface area contributed by atoms with Crippen LogP contribution in [0.15, 0.2) is 36.4 Å². The lowest BCUT2D eigenvalue weighted by atomic mass is 9.72. The second-order valence-electron chi connectivity index (χ2n) is 9.55. The molecule has 164 valence electrons. The van der Waals surface area contributed by atoms with Gasteiger partial charge in [0.15, 0.2) is 0 Å². The molecule has 0 unspecified atom stereocenters. The lowest BCUT2D eigenvalue weighted by Crippen LogP contribution is -2.30. The van der Waals surface area contributed by atoms with Gasteiger partial charge in [-0.1, -0.05) is 39.8 Å². The van der Waals surface area contributed by atoms with Crippen molar-refractivity contribution in [3.63, 3.8) is 0 Å². The minimum absolute atomic E-state index is 0.0905. The van der Waals surface area contributed by atoms with E-state index in [4.69, 9.17) is 4.74 Å². The van der Waals surface area contributed by atoms with Crippen LogP contribution >= 0.6 is 0 Å². The van der Waals surface area contributed by atoms with E-state index in [1.165, 1.54) is 25.0 Å². The van der Waals surface area contributed by atoms with Gasteiger partial charge in [0.1, 0.15) is 17.4 Å². The van der Waals surface area contributed by atoms with E-state index in [-0.39, 0.29) is 18.2 Å². The summed E-state index contributed by atoms with van der Waals surface area (Å²) in [5.74, 6) is 0.474. The topological polar surface area (TPSA) is 21.3 Å². The predicted octanol–water partition coefficient (Wildman–Crippen LogP) is 7.12. The van der Waals surface area contributed by atoms with Crippen LogP contribution in [0.25, 0.3) is 11.1 Å². The van der Waals surface area contributed by atoms with Crippen molar-refractivity contribution in [3.05, 3.63) is 53.6 Å². The highest BCUT2D eigenvalue weighted by Gasteiger charge is 2.30. The zero-order valence-electron chi connectivity index (χ0n) is 18.7. The number of nitrogens with one attached hydrogen (secondary N) is 1. The number of ether oxygens (including phenoxy) is 1. The highest BCUT2D eigenvalue weighted by Crippen LogP contribution is 2.39. The molecule has 1 aliphatic rings. The summed E-state index contributed by atoms with van der Waals surface area (Å²) >= 11 is 0. The minimum atomic E-state index is -0.511. The maximum absolute atomic E-state index is 15.1. The number of benzene rings is 2. The first kappa shape index (κ1) is 22.7. The Morgan fingerprint density at radius 1 is 1.03 bits per heavy atom. The average Bonchev–Trinajstić information content (AvgIpc) is 2.70. The Kier molecular flexibility index (Phi) is 7.51. The van der Waals surface area contributed by atoms with Gasteiger partial charge in [0.25, 0.3) is 0 Å².